The lowest BCUT2D eigenvalue weighted by molar-refractivity contribution is -0.117. The van der Waals surface area contributed by atoms with Gasteiger partial charge in [-0.15, -0.1) is 0 Å². The molecule has 1 heterocycles. The number of halogens is 1. The molecule has 0 spiro atoms. The van der Waals surface area contributed by atoms with E-state index in [4.69, 9.17) is 11.6 Å². The Morgan fingerprint density at radius 3 is 2.62 bits per heavy atom. The molecule has 0 unspecified atom stereocenters. The molecule has 3 nitrogen and oxygen atoms in total. The van der Waals surface area contributed by atoms with Gasteiger partial charge in [0.2, 0.25) is 5.91 Å². The van der Waals surface area contributed by atoms with E-state index in [-0.39, 0.29) is 11.7 Å². The lowest BCUT2D eigenvalue weighted by Crippen LogP contribution is -2.14. The molecule has 0 bridgehead atoms. The number of allylic oxidation sites excluding steroid dienone is 1. The van der Waals surface area contributed by atoms with E-state index in [1.807, 2.05) is 0 Å². The first-order chi connectivity index (χ1) is 7.65. The van der Waals surface area contributed by atoms with Crippen LogP contribution in [0.5, 0.6) is 0 Å². The number of amides is 1. The van der Waals surface area contributed by atoms with Crippen molar-refractivity contribution >= 4 is 35.1 Å². The molecule has 82 valence electrons. The van der Waals surface area contributed by atoms with E-state index in [0.29, 0.717) is 21.4 Å². The van der Waals surface area contributed by atoms with Crippen LogP contribution in [0, 0.1) is 0 Å². The van der Waals surface area contributed by atoms with Crippen LogP contribution in [0.1, 0.15) is 10.4 Å². The van der Waals surface area contributed by atoms with Gasteiger partial charge in [-0.1, -0.05) is 23.4 Å². The second-order valence-corrected chi connectivity index (χ2v) is 4.67. The maximum atomic E-state index is 11.7. The van der Waals surface area contributed by atoms with Crippen LogP contribution in [0.25, 0.3) is 0 Å². The fraction of sp³-hybridized carbons (Fsp3) is 0.0909. The van der Waals surface area contributed by atoms with E-state index in [1.165, 1.54) is 17.8 Å². The average molecular weight is 254 g/mol. The first-order valence-corrected chi connectivity index (χ1v) is 5.96. The Labute approximate surface area is 102 Å². The largest absolute Gasteiger partial charge is 0.320 e. The Balaban J connectivity index is 2.14. The molecule has 1 aliphatic rings. The van der Waals surface area contributed by atoms with E-state index < -0.39 is 0 Å². The predicted molar refractivity (Wildman–Crippen MR) is 64.5 cm³/mol. The molecule has 5 heteroatoms. The minimum absolute atomic E-state index is 0.0693. The van der Waals surface area contributed by atoms with Gasteiger partial charge in [0.25, 0.3) is 0 Å². The Morgan fingerprint density at radius 2 is 2.06 bits per heavy atom. The van der Waals surface area contributed by atoms with Crippen LogP contribution in [0.2, 0.25) is 5.02 Å². The number of benzene rings is 1. The lowest BCUT2D eigenvalue weighted by atomic mass is 10.1. The summed E-state index contributed by atoms with van der Waals surface area (Å²) in [5, 5.41) is 3.80. The lowest BCUT2D eigenvalue weighted by Gasteiger charge is -1.98. The Bertz CT molecular complexity index is 467. The number of hydrogen-bond donors (Lipinski definition) is 1. The van der Waals surface area contributed by atoms with Crippen molar-refractivity contribution in [3.05, 3.63) is 46.0 Å². The summed E-state index contributed by atoms with van der Waals surface area (Å²) in [4.78, 5) is 22.6. The fourth-order valence-electron chi connectivity index (χ4n) is 1.25. The zero-order valence-electron chi connectivity index (χ0n) is 8.20. The van der Waals surface area contributed by atoms with Gasteiger partial charge >= 0.3 is 0 Å². The number of carbonyl (C=O) groups is 2. The molecule has 2 rings (SSSR count). The average Bonchev–Trinajstić information content (AvgIpc) is 2.65. The van der Waals surface area contributed by atoms with Gasteiger partial charge in [0.15, 0.2) is 5.78 Å². The highest BCUT2D eigenvalue weighted by Gasteiger charge is 2.16. The maximum Gasteiger partial charge on any atom is 0.235 e. The Kier molecular flexibility index (Phi) is 3.31. The van der Waals surface area contributed by atoms with E-state index in [1.54, 1.807) is 24.3 Å². The van der Waals surface area contributed by atoms with Crippen molar-refractivity contribution in [1.82, 2.24) is 5.32 Å². The van der Waals surface area contributed by atoms with Crippen molar-refractivity contribution in [3.63, 3.8) is 0 Å². The normalized spacial score (nSPS) is 17.6. The minimum atomic E-state index is -0.138. The van der Waals surface area contributed by atoms with Gasteiger partial charge in [-0.2, -0.15) is 0 Å². The third-order valence-corrected chi connectivity index (χ3v) is 3.20. The Hall–Kier alpha value is -1.26. The molecular formula is C11H8ClNO2S. The van der Waals surface area contributed by atoms with E-state index >= 15 is 0 Å². The SMILES string of the molecule is O=C1CS/C(=C\C(=O)c2ccc(Cl)cc2)N1. The van der Waals surface area contributed by atoms with Gasteiger partial charge in [-0.25, -0.2) is 0 Å². The van der Waals surface area contributed by atoms with Crippen molar-refractivity contribution in [2.45, 2.75) is 0 Å². The van der Waals surface area contributed by atoms with Gasteiger partial charge in [0.1, 0.15) is 0 Å². The molecule has 1 saturated heterocycles. The number of carbonyl (C=O) groups excluding carboxylic acids is 2. The third kappa shape index (κ3) is 2.65. The smallest absolute Gasteiger partial charge is 0.235 e. The van der Waals surface area contributed by atoms with Gasteiger partial charge in [0.05, 0.1) is 10.8 Å². The van der Waals surface area contributed by atoms with Gasteiger partial charge in [-0.05, 0) is 24.3 Å². The Morgan fingerprint density at radius 1 is 1.38 bits per heavy atom. The molecule has 0 atom stereocenters. The van der Waals surface area contributed by atoms with E-state index in [9.17, 15) is 9.59 Å². The first-order valence-electron chi connectivity index (χ1n) is 4.59. The number of thioether (sulfide) groups is 1. The van der Waals surface area contributed by atoms with Crippen LogP contribution in [0.15, 0.2) is 35.4 Å². The number of nitrogens with one attached hydrogen (secondary N) is 1. The minimum Gasteiger partial charge on any atom is -0.320 e. The second kappa shape index (κ2) is 4.72. The van der Waals surface area contributed by atoms with Crippen LogP contribution < -0.4 is 5.32 Å². The summed E-state index contributed by atoms with van der Waals surface area (Å²) >= 11 is 7.05. The molecule has 16 heavy (non-hydrogen) atoms. The molecular weight excluding hydrogens is 246 g/mol. The molecule has 1 aliphatic heterocycles. The molecule has 1 aromatic rings. The standard InChI is InChI=1S/C11H8ClNO2S/c12-8-3-1-7(2-4-8)9(14)5-11-13-10(15)6-16-11/h1-5H,6H2,(H,13,15)/b11-5-. The van der Waals surface area contributed by atoms with Gasteiger partial charge < -0.3 is 5.32 Å². The summed E-state index contributed by atoms with van der Waals surface area (Å²) in [7, 11) is 0. The highest BCUT2D eigenvalue weighted by atomic mass is 35.5. The quantitative estimate of drug-likeness (QED) is 0.649. The zero-order chi connectivity index (χ0) is 11.5. The summed E-state index contributed by atoms with van der Waals surface area (Å²) < 4.78 is 0. The van der Waals surface area contributed by atoms with Crippen LogP contribution in [-0.4, -0.2) is 17.4 Å². The van der Waals surface area contributed by atoms with Crippen LogP contribution in [0.3, 0.4) is 0 Å². The number of ketones is 1. The maximum absolute atomic E-state index is 11.7. The number of hydrogen-bond acceptors (Lipinski definition) is 3. The van der Waals surface area contributed by atoms with Crippen molar-refractivity contribution in [2.24, 2.45) is 0 Å². The molecule has 1 amide bonds. The van der Waals surface area contributed by atoms with Crippen LogP contribution in [-0.2, 0) is 4.79 Å². The topological polar surface area (TPSA) is 46.2 Å². The number of rotatable bonds is 2. The van der Waals surface area contributed by atoms with Crippen molar-refractivity contribution in [1.29, 1.82) is 0 Å². The summed E-state index contributed by atoms with van der Waals surface area (Å²) in [5.74, 6) is 0.168. The summed E-state index contributed by atoms with van der Waals surface area (Å²) in [6.45, 7) is 0. The first kappa shape index (κ1) is 11.2. The molecule has 1 fully saturated rings. The van der Waals surface area contributed by atoms with Gasteiger partial charge in [0, 0.05) is 16.7 Å². The molecule has 0 radical (unpaired) electrons. The van der Waals surface area contributed by atoms with Crippen molar-refractivity contribution in [3.8, 4) is 0 Å². The highest BCUT2D eigenvalue weighted by Crippen LogP contribution is 2.19. The molecule has 1 aromatic carbocycles. The summed E-state index contributed by atoms with van der Waals surface area (Å²) in [6, 6.07) is 6.63. The second-order valence-electron chi connectivity index (χ2n) is 3.22. The fourth-order valence-corrected chi connectivity index (χ4v) is 2.11. The van der Waals surface area contributed by atoms with Gasteiger partial charge in [-0.3, -0.25) is 9.59 Å². The van der Waals surface area contributed by atoms with Crippen molar-refractivity contribution in [2.75, 3.05) is 5.75 Å². The molecule has 1 N–H and O–H groups in total. The monoisotopic (exact) mass is 253 g/mol. The summed E-state index contributed by atoms with van der Waals surface area (Å²) in [5.41, 5.74) is 0.554. The molecule has 0 aromatic heterocycles. The third-order valence-electron chi connectivity index (χ3n) is 2.01. The van der Waals surface area contributed by atoms with Crippen LogP contribution in [0.4, 0.5) is 0 Å². The molecule has 0 aliphatic carbocycles. The van der Waals surface area contributed by atoms with E-state index in [0.717, 1.165) is 0 Å². The van der Waals surface area contributed by atoms with E-state index in [2.05, 4.69) is 5.32 Å². The molecule has 0 saturated carbocycles. The van der Waals surface area contributed by atoms with Crippen LogP contribution >= 0.6 is 23.4 Å². The van der Waals surface area contributed by atoms with Crippen molar-refractivity contribution < 1.29 is 9.59 Å². The predicted octanol–water partition coefficient (Wildman–Crippen LogP) is 2.23. The summed E-state index contributed by atoms with van der Waals surface area (Å²) in [6.07, 6.45) is 1.43. The highest BCUT2D eigenvalue weighted by molar-refractivity contribution is 8.04. The zero-order valence-corrected chi connectivity index (χ0v) is 9.77.